The van der Waals surface area contributed by atoms with E-state index in [0.29, 0.717) is 0 Å². The molecule has 112 heavy (non-hydrogen) atoms. The minimum absolute atomic E-state index is 0. The van der Waals surface area contributed by atoms with Crippen LogP contribution >= 0.6 is 162 Å². The molecule has 0 radical (unpaired) electrons. The second kappa shape index (κ2) is 214. The fourth-order valence-electron chi connectivity index (χ4n) is 5.28. The second-order valence-electron chi connectivity index (χ2n) is 15.0. The molecule has 12 fully saturated rings. The fourth-order valence-corrected chi connectivity index (χ4v) is 5.28. The van der Waals surface area contributed by atoms with Crippen molar-refractivity contribution in [3.8, 4) is 0 Å². The van der Waals surface area contributed by atoms with Gasteiger partial charge in [0.05, 0.1) is 317 Å². The Balaban J connectivity index is -0.0000000330. The number of hydrogen-bond donors (Lipinski definition) is 0. The summed E-state index contributed by atoms with van der Waals surface area (Å²) in [4.78, 5) is 0. The Morgan fingerprint density at radius 2 is 0.0982 bits per heavy atom. The molecule has 0 spiro atoms. The maximum atomic E-state index is 4.94. The summed E-state index contributed by atoms with van der Waals surface area (Å²) >= 11 is 6.06. The molecular weight excluding hydrogens is 2290 g/mol. The van der Waals surface area contributed by atoms with E-state index in [0.717, 1.165) is 422 Å². The molecule has 760 valence electrons. The van der Waals surface area contributed by atoms with Gasteiger partial charge in [-0.2, -0.15) is 0 Å². The van der Waals surface area contributed by atoms with Crippen LogP contribution in [0, 0.1) is 0 Å². The zero-order valence-corrected chi connectivity index (χ0v) is 79.8. The van der Waals surface area contributed by atoms with E-state index < -0.39 is 0 Å². The summed E-state index contributed by atoms with van der Waals surface area (Å²) in [6.07, 6.45) is 0. The molecule has 0 atom stereocenters. The second-order valence-corrected chi connectivity index (χ2v) is 27.5. The maximum absolute atomic E-state index is 4.94. The Bertz CT molecular complexity index is 737. The molecule has 12 aliphatic rings. The first-order valence-electron chi connectivity index (χ1n) is 27.7. The van der Waals surface area contributed by atoms with Gasteiger partial charge in [0.1, 0.15) is 0 Å². The van der Waals surface area contributed by atoms with E-state index >= 15 is 0 Å². The monoisotopic (exact) mass is 2410 g/mol. The van der Waals surface area contributed by atoms with Crippen LogP contribution in [0.1, 0.15) is 0 Å². The average Bonchev–Trinajstić information content (AvgIpc) is 2.92. The van der Waals surface area contributed by atoms with E-state index in [1.807, 2.05) is 0 Å². The van der Waals surface area contributed by atoms with Crippen LogP contribution in [0.3, 0.4) is 0 Å². The molecule has 0 aromatic heterocycles. The molecule has 12 aliphatic heterocycles. The van der Waals surface area contributed by atoms with Gasteiger partial charge < -0.3 is 201 Å². The minimum atomic E-state index is 0. The number of halogens is 16. The molecule has 0 saturated carbocycles. The molecule has 12 saturated heterocycles. The van der Waals surface area contributed by atoms with E-state index in [4.69, 9.17) is 114 Å². The molecule has 0 bridgehead atoms. The molecule has 0 amide bonds. The van der Waals surface area contributed by atoms with Crippen molar-refractivity contribution >= 4 is 162 Å². The van der Waals surface area contributed by atoms with E-state index in [1.54, 1.807) is 0 Å². The molecule has 0 aromatic carbocycles. The van der Waals surface area contributed by atoms with Crippen LogP contribution in [0.2, 0.25) is 0 Å². The third-order valence-corrected chi connectivity index (χ3v) is 8.93. The van der Waals surface area contributed by atoms with Gasteiger partial charge in [-0.3, -0.25) is 0 Å². The Kier molecular flexibility index (Phi) is 350. The average molecular weight is 2420 g/mol. The number of hydrogen-bond acceptors (Lipinski definition) is 24. The number of rotatable bonds is 0. The van der Waals surface area contributed by atoms with Gasteiger partial charge in [0.2, 0.25) is 0 Å². The normalized spacial score (nSPS) is 17.0. The van der Waals surface area contributed by atoms with E-state index in [9.17, 15) is 0 Å². The first kappa shape index (κ1) is 184. The van der Waals surface area contributed by atoms with Crippen molar-refractivity contribution in [2.75, 3.05) is 317 Å². The van der Waals surface area contributed by atoms with Crippen molar-refractivity contribution in [1.82, 2.24) is 0 Å². The summed E-state index contributed by atoms with van der Waals surface area (Å²) in [6, 6.07) is 0. The van der Waals surface area contributed by atoms with E-state index in [2.05, 4.69) is 162 Å². The predicted octanol–water partition coefficient (Wildman–Crippen LogP) is -1.78. The Labute approximate surface area is 776 Å². The molecule has 32 N–H and O–H groups in total. The van der Waals surface area contributed by atoms with E-state index in [1.165, 1.54) is 0 Å². The molecular formula is C48H128Cl16Cu8O40. The summed E-state index contributed by atoms with van der Waals surface area (Å²) in [5, 5.41) is 0. The van der Waals surface area contributed by atoms with Crippen LogP contribution in [-0.2, 0) is 219 Å². The van der Waals surface area contributed by atoms with Gasteiger partial charge in [0.25, 0.3) is 0 Å². The summed E-state index contributed by atoms with van der Waals surface area (Å²) in [7, 11) is 74.7. The topological polar surface area (TPSA) is 726 Å². The summed E-state index contributed by atoms with van der Waals surface area (Å²) in [6.45, 7) is 37.3. The van der Waals surface area contributed by atoms with Crippen LogP contribution in [0.5, 0.6) is 0 Å². The summed E-state index contributed by atoms with van der Waals surface area (Å²) in [5.74, 6) is 0. The molecule has 12 heterocycles. The van der Waals surface area contributed by atoms with Crippen LogP contribution in [-0.4, -0.2) is 405 Å². The first-order valence-corrected chi connectivity index (χ1v) is 48.4. The van der Waals surface area contributed by atoms with Crippen LogP contribution < -0.4 is 0 Å². The predicted molar refractivity (Wildman–Crippen MR) is 411 cm³/mol. The van der Waals surface area contributed by atoms with Gasteiger partial charge in [-0.05, 0) is 0 Å². The van der Waals surface area contributed by atoms with Crippen LogP contribution in [0.25, 0.3) is 0 Å². The van der Waals surface area contributed by atoms with Crippen molar-refractivity contribution in [1.29, 1.82) is 0 Å². The Morgan fingerprint density at radius 1 is 0.0804 bits per heavy atom. The van der Waals surface area contributed by atoms with Crippen molar-refractivity contribution in [3.05, 3.63) is 0 Å². The Morgan fingerprint density at radius 3 is 0.107 bits per heavy atom. The quantitative estimate of drug-likeness (QED) is 0.242. The fraction of sp³-hybridized carbons (Fsp3) is 1.00. The molecule has 0 aromatic rings. The van der Waals surface area contributed by atoms with Gasteiger partial charge in [0, 0.05) is 0 Å². The third kappa shape index (κ3) is 252. The summed E-state index contributed by atoms with van der Waals surface area (Å²) < 4.78 is 119. The zero-order valence-electron chi connectivity index (χ0n) is 60.2. The zero-order chi connectivity index (χ0) is 72.6. The van der Waals surface area contributed by atoms with Crippen molar-refractivity contribution < 1.29 is 306 Å². The van der Waals surface area contributed by atoms with Crippen LogP contribution in [0.4, 0.5) is 0 Å². The van der Waals surface area contributed by atoms with Crippen molar-refractivity contribution in [2.24, 2.45) is 0 Å². The van der Waals surface area contributed by atoms with Gasteiger partial charge in [0.15, 0.2) is 0 Å². The van der Waals surface area contributed by atoms with Crippen LogP contribution in [0.15, 0.2) is 0 Å². The van der Waals surface area contributed by atoms with Crippen molar-refractivity contribution in [3.63, 3.8) is 0 Å². The van der Waals surface area contributed by atoms with Gasteiger partial charge in [-0.25, -0.2) is 0 Å². The van der Waals surface area contributed by atoms with E-state index in [-0.39, 0.29) is 87.6 Å². The summed E-state index contributed by atoms with van der Waals surface area (Å²) in [5.41, 5.74) is 0. The molecule has 12 rings (SSSR count). The van der Waals surface area contributed by atoms with Gasteiger partial charge >= 0.3 is 267 Å². The molecule has 0 aliphatic carbocycles. The SMILES string of the molecule is C1COCCO1.C1COCCO1.C1COCCO1.C1COCCO1.C1COCCO1.C1COCCO1.C1COCCO1.C1COCCO1.C1COCCO1.C1COCCO1.C1COCCO1.C1COCCO1.O.O.O.O.O.O.O.O.O.O.O.O.O.O.O.O.[Cl][Cu][Cl].[Cl][Cu][Cl].[Cl][Cu][Cl].[Cl][Cu][Cl].[Cl][Cu][Cl].[Cl][Cu][Cl].[Cl][Cu][Cl].[Cl][Cu][Cl]. The standard InChI is InChI=1S/12C4H8O2.16ClH.8Cu.16H2O/c12*1-2-6-4-3-5-1;;;;;;;;;;;;;;;;;;;;;;;;;;;;;;;;;;;;;;;;/h12*1-4H2;16*1H;;;;;;;;;16*1H2/q;;;;;;;;;;;;;;;;;;;;;;;;;;;;8*+2;;;;;;;;;;;;;;;;/p-16. The molecule has 40 nitrogen and oxygen atoms in total. The third-order valence-electron chi connectivity index (χ3n) is 8.93. The molecule has 0 unspecified atom stereocenters. The molecule has 64 heteroatoms. The Hall–Kier alpha value is 7.20. The first-order chi connectivity index (χ1) is 47.3. The van der Waals surface area contributed by atoms with Gasteiger partial charge in [-0.15, -0.1) is 0 Å². The van der Waals surface area contributed by atoms with Crippen molar-refractivity contribution in [2.45, 2.75) is 0 Å². The number of ether oxygens (including phenoxy) is 24. The van der Waals surface area contributed by atoms with Gasteiger partial charge in [-0.1, -0.05) is 0 Å².